The first-order valence-electron chi connectivity index (χ1n) is 7.90. The van der Waals surface area contributed by atoms with Gasteiger partial charge < -0.3 is 10.1 Å². The van der Waals surface area contributed by atoms with Gasteiger partial charge in [-0.1, -0.05) is 30.3 Å². The predicted molar refractivity (Wildman–Crippen MR) is 95.6 cm³/mol. The Morgan fingerprint density at radius 1 is 1.08 bits per heavy atom. The molecule has 6 heteroatoms. The number of rotatable bonds is 7. The molecule has 1 N–H and O–H groups in total. The van der Waals surface area contributed by atoms with E-state index >= 15 is 0 Å². The van der Waals surface area contributed by atoms with E-state index in [-0.39, 0.29) is 12.4 Å². The first-order valence-corrected chi connectivity index (χ1v) is 8.78. The van der Waals surface area contributed by atoms with Crippen molar-refractivity contribution in [3.63, 3.8) is 0 Å². The minimum atomic E-state index is -0.897. The zero-order valence-corrected chi connectivity index (χ0v) is 14.9. The van der Waals surface area contributed by atoms with E-state index in [1.54, 1.807) is 19.1 Å². The molecule has 0 spiro atoms. The lowest BCUT2D eigenvalue weighted by atomic mass is 10.2. The highest BCUT2D eigenvalue weighted by Gasteiger charge is 2.22. The SMILES string of the molecule is C[C@H](OC(=O)[C@H](C)Sc1ccccc1)C(=O)NCc1ccc(F)cc1. The van der Waals surface area contributed by atoms with Crippen LogP contribution in [-0.2, 0) is 20.9 Å². The van der Waals surface area contributed by atoms with Crippen LogP contribution in [0.25, 0.3) is 0 Å². The molecule has 4 nitrogen and oxygen atoms in total. The predicted octanol–water partition coefficient (Wildman–Crippen LogP) is 3.55. The molecule has 0 heterocycles. The van der Waals surface area contributed by atoms with Crippen LogP contribution in [0.3, 0.4) is 0 Å². The van der Waals surface area contributed by atoms with Gasteiger partial charge in [0.05, 0.1) is 0 Å². The Kier molecular flexibility index (Phi) is 7.01. The van der Waals surface area contributed by atoms with Gasteiger partial charge in [0.1, 0.15) is 11.1 Å². The number of carbonyl (C=O) groups is 2. The first-order chi connectivity index (χ1) is 12.0. The van der Waals surface area contributed by atoms with Crippen molar-refractivity contribution in [1.82, 2.24) is 5.32 Å². The molecule has 0 aliphatic heterocycles. The average molecular weight is 361 g/mol. The van der Waals surface area contributed by atoms with Crippen LogP contribution in [0.15, 0.2) is 59.5 Å². The van der Waals surface area contributed by atoms with Crippen LogP contribution in [0.5, 0.6) is 0 Å². The Labute approximate surface area is 150 Å². The van der Waals surface area contributed by atoms with E-state index in [9.17, 15) is 14.0 Å². The number of ether oxygens (including phenoxy) is 1. The molecule has 2 aromatic rings. The van der Waals surface area contributed by atoms with Crippen molar-refractivity contribution in [2.24, 2.45) is 0 Å². The summed E-state index contributed by atoms with van der Waals surface area (Å²) < 4.78 is 18.1. The van der Waals surface area contributed by atoms with Gasteiger partial charge in [-0.05, 0) is 43.7 Å². The largest absolute Gasteiger partial charge is 0.452 e. The van der Waals surface area contributed by atoms with Crippen LogP contribution in [0.1, 0.15) is 19.4 Å². The van der Waals surface area contributed by atoms with Crippen LogP contribution in [0.2, 0.25) is 0 Å². The Bertz CT molecular complexity index is 706. The molecule has 0 radical (unpaired) electrons. The van der Waals surface area contributed by atoms with Crippen LogP contribution < -0.4 is 5.32 Å². The molecule has 0 saturated heterocycles. The number of esters is 1. The summed E-state index contributed by atoms with van der Waals surface area (Å²) in [6, 6.07) is 15.3. The van der Waals surface area contributed by atoms with Crippen LogP contribution in [0.4, 0.5) is 4.39 Å². The second-order valence-electron chi connectivity index (χ2n) is 5.50. The van der Waals surface area contributed by atoms with Crippen molar-refractivity contribution in [1.29, 1.82) is 0 Å². The van der Waals surface area contributed by atoms with Crippen molar-refractivity contribution in [2.75, 3.05) is 0 Å². The number of hydrogen-bond donors (Lipinski definition) is 1. The fourth-order valence-corrected chi connectivity index (χ4v) is 2.88. The molecule has 2 atom stereocenters. The summed E-state index contributed by atoms with van der Waals surface area (Å²) in [5, 5.41) is 2.25. The number of amides is 1. The third-order valence-corrected chi connectivity index (χ3v) is 4.52. The number of carbonyl (C=O) groups excluding carboxylic acids is 2. The van der Waals surface area contributed by atoms with Crippen LogP contribution in [0, 0.1) is 5.82 Å². The maximum absolute atomic E-state index is 12.8. The van der Waals surface area contributed by atoms with Gasteiger partial charge in [-0.3, -0.25) is 9.59 Å². The van der Waals surface area contributed by atoms with Crippen molar-refractivity contribution >= 4 is 23.6 Å². The minimum Gasteiger partial charge on any atom is -0.452 e. The fraction of sp³-hybridized carbons (Fsp3) is 0.263. The highest BCUT2D eigenvalue weighted by atomic mass is 32.2. The lowest BCUT2D eigenvalue weighted by Crippen LogP contribution is -2.36. The molecule has 1 amide bonds. The fourth-order valence-electron chi connectivity index (χ4n) is 2.01. The van der Waals surface area contributed by atoms with E-state index in [4.69, 9.17) is 4.74 Å². The Morgan fingerprint density at radius 3 is 2.36 bits per heavy atom. The summed E-state index contributed by atoms with van der Waals surface area (Å²) in [6.45, 7) is 3.51. The lowest BCUT2D eigenvalue weighted by Gasteiger charge is -2.16. The molecule has 0 aromatic heterocycles. The molecule has 0 unspecified atom stereocenters. The average Bonchev–Trinajstić information content (AvgIpc) is 2.61. The summed E-state index contributed by atoms with van der Waals surface area (Å²) in [4.78, 5) is 25.1. The van der Waals surface area contributed by atoms with Gasteiger partial charge in [-0.2, -0.15) is 0 Å². The number of nitrogens with one attached hydrogen (secondary N) is 1. The minimum absolute atomic E-state index is 0.245. The van der Waals surface area contributed by atoms with Crippen molar-refractivity contribution < 1.29 is 18.7 Å². The summed E-state index contributed by atoms with van der Waals surface area (Å²) >= 11 is 1.38. The number of hydrogen-bond acceptors (Lipinski definition) is 4. The third-order valence-electron chi connectivity index (χ3n) is 3.43. The molecular weight excluding hydrogens is 341 g/mol. The second kappa shape index (κ2) is 9.22. The number of thioether (sulfide) groups is 1. The number of halogens is 1. The maximum atomic E-state index is 12.8. The Balaban J connectivity index is 1.79. The summed E-state index contributed by atoms with van der Waals surface area (Å²) in [5.74, 6) is -1.17. The summed E-state index contributed by atoms with van der Waals surface area (Å²) in [6.07, 6.45) is -0.897. The summed E-state index contributed by atoms with van der Waals surface area (Å²) in [5.41, 5.74) is 0.765. The van der Waals surface area contributed by atoms with Crippen LogP contribution in [-0.4, -0.2) is 23.2 Å². The topological polar surface area (TPSA) is 55.4 Å². The molecule has 132 valence electrons. The van der Waals surface area contributed by atoms with Gasteiger partial charge >= 0.3 is 5.97 Å². The zero-order valence-electron chi connectivity index (χ0n) is 14.1. The second-order valence-corrected chi connectivity index (χ2v) is 6.91. The molecule has 0 bridgehead atoms. The van der Waals surface area contributed by atoms with Gasteiger partial charge in [-0.25, -0.2) is 4.39 Å². The van der Waals surface area contributed by atoms with E-state index in [0.717, 1.165) is 10.5 Å². The van der Waals surface area contributed by atoms with Crippen molar-refractivity contribution in [3.05, 3.63) is 66.0 Å². The van der Waals surface area contributed by atoms with Gasteiger partial charge in [0.2, 0.25) is 0 Å². The van der Waals surface area contributed by atoms with E-state index in [1.807, 2.05) is 30.3 Å². The quantitative estimate of drug-likeness (QED) is 0.605. The van der Waals surface area contributed by atoms with E-state index in [2.05, 4.69) is 5.32 Å². The van der Waals surface area contributed by atoms with Crippen LogP contribution >= 0.6 is 11.8 Å². The highest BCUT2D eigenvalue weighted by Crippen LogP contribution is 2.23. The van der Waals surface area contributed by atoms with E-state index < -0.39 is 23.2 Å². The molecular formula is C19H20FNO3S. The molecule has 0 aliphatic rings. The lowest BCUT2D eigenvalue weighted by molar-refractivity contribution is -0.154. The first kappa shape index (κ1) is 19.0. The molecule has 0 aliphatic carbocycles. The monoisotopic (exact) mass is 361 g/mol. The standard InChI is InChI=1S/C19H20FNO3S/c1-13(18(22)21-12-15-8-10-16(20)11-9-15)24-19(23)14(2)25-17-6-4-3-5-7-17/h3-11,13-14H,12H2,1-2H3,(H,21,22)/t13-,14-/m0/s1. The van der Waals surface area contributed by atoms with Gasteiger partial charge in [0.25, 0.3) is 5.91 Å². The van der Waals surface area contributed by atoms with Gasteiger partial charge in [0.15, 0.2) is 6.10 Å². The van der Waals surface area contributed by atoms with Crippen molar-refractivity contribution in [2.45, 2.75) is 36.6 Å². The highest BCUT2D eigenvalue weighted by molar-refractivity contribution is 8.00. The van der Waals surface area contributed by atoms with Crippen molar-refractivity contribution in [3.8, 4) is 0 Å². The van der Waals surface area contributed by atoms with E-state index in [0.29, 0.717) is 0 Å². The molecule has 2 rings (SSSR count). The molecule has 2 aromatic carbocycles. The maximum Gasteiger partial charge on any atom is 0.319 e. The third kappa shape index (κ3) is 6.23. The number of benzene rings is 2. The Morgan fingerprint density at radius 2 is 1.72 bits per heavy atom. The van der Waals surface area contributed by atoms with Gasteiger partial charge in [0, 0.05) is 11.4 Å². The van der Waals surface area contributed by atoms with Gasteiger partial charge in [-0.15, -0.1) is 11.8 Å². The normalized spacial score (nSPS) is 12.9. The Hall–Kier alpha value is -2.34. The van der Waals surface area contributed by atoms with E-state index in [1.165, 1.54) is 30.8 Å². The molecule has 0 fully saturated rings. The molecule has 25 heavy (non-hydrogen) atoms. The zero-order chi connectivity index (χ0) is 18.2. The smallest absolute Gasteiger partial charge is 0.319 e. The summed E-state index contributed by atoms with van der Waals surface area (Å²) in [7, 11) is 0. The molecule has 0 saturated carbocycles.